The number of ether oxygens (including phenoxy) is 3. The Morgan fingerprint density at radius 2 is 1.77 bits per heavy atom. The van der Waals surface area contributed by atoms with Gasteiger partial charge in [-0.2, -0.15) is 4.98 Å². The molecule has 2 fully saturated rings. The van der Waals surface area contributed by atoms with Crippen LogP contribution >= 0.6 is 0 Å². The lowest BCUT2D eigenvalue weighted by molar-refractivity contribution is -0.310. The zero-order valence-electron chi connectivity index (χ0n) is 25.4. The first-order chi connectivity index (χ1) is 20.7. The number of rotatable bonds is 9. The van der Waals surface area contributed by atoms with Crippen LogP contribution in [0.2, 0.25) is 0 Å². The standard InChI is InChI=1S/C29H42N6O9/c1-15-19(44-26-24(38)23(37)22(34(4)5)16(2)43-26)10-11-21(42-15)35-13-12-20(33-28(35)41)32-25(39)17-6-8-18(9-7-17)31-27(40)29(3,30)14-36/h6-9,12-13,15-16,19,21-24,26,36-38H,10-11,14,30H2,1-5H3,(H,31,40)(H,32,33,39,41)/t15-,16-,19+,21-,22-,23+,24-,26-,29+/m1/s1. The highest BCUT2D eigenvalue weighted by Gasteiger charge is 2.46. The minimum Gasteiger partial charge on any atom is -0.394 e. The molecule has 3 heterocycles. The van der Waals surface area contributed by atoms with Gasteiger partial charge in [-0.15, -0.1) is 0 Å². The van der Waals surface area contributed by atoms with Crippen molar-refractivity contribution in [3.8, 4) is 0 Å². The number of aliphatic hydroxyl groups is 3. The fourth-order valence-corrected chi connectivity index (χ4v) is 5.29. The van der Waals surface area contributed by atoms with Crippen LogP contribution in [0.4, 0.5) is 11.5 Å². The molecule has 2 saturated heterocycles. The maximum Gasteiger partial charge on any atom is 0.351 e. The lowest BCUT2D eigenvalue weighted by atomic mass is 9.96. The Morgan fingerprint density at radius 1 is 1.09 bits per heavy atom. The molecule has 2 aliphatic rings. The van der Waals surface area contributed by atoms with Crippen LogP contribution in [0.25, 0.3) is 0 Å². The molecule has 0 bridgehead atoms. The monoisotopic (exact) mass is 618 g/mol. The topological polar surface area (TPSA) is 211 Å². The minimum atomic E-state index is -1.45. The SMILES string of the molecule is C[C@H]1O[C@H](O[C@H]2CC[C@H](n3ccc(NC(=O)c4ccc(NC(=O)[C@@](C)(N)CO)cc4)nc3=O)O[C@@H]2C)[C@H](O)[C@@H](O)[C@@H]1N(C)C. The van der Waals surface area contributed by atoms with Gasteiger partial charge in [-0.25, -0.2) is 4.79 Å². The summed E-state index contributed by atoms with van der Waals surface area (Å²) >= 11 is 0. The molecule has 15 heteroatoms. The fourth-order valence-electron chi connectivity index (χ4n) is 5.29. The second-order valence-corrected chi connectivity index (χ2v) is 11.8. The van der Waals surface area contributed by atoms with Crippen LogP contribution in [0, 0.1) is 0 Å². The first kappa shape index (κ1) is 33.6. The summed E-state index contributed by atoms with van der Waals surface area (Å²) in [5, 5.41) is 35.6. The van der Waals surface area contributed by atoms with E-state index < -0.39 is 66.6 Å². The van der Waals surface area contributed by atoms with Crippen LogP contribution < -0.4 is 22.1 Å². The number of benzene rings is 1. The molecule has 2 amide bonds. The number of hydrogen-bond acceptors (Lipinski definition) is 12. The van der Waals surface area contributed by atoms with Gasteiger partial charge in [0.2, 0.25) is 5.91 Å². The third-order valence-electron chi connectivity index (χ3n) is 7.94. The Bertz CT molecular complexity index is 1370. The van der Waals surface area contributed by atoms with Crippen LogP contribution in [0.15, 0.2) is 41.3 Å². The van der Waals surface area contributed by atoms with E-state index in [2.05, 4.69) is 15.6 Å². The molecule has 9 atom stereocenters. The first-order valence-electron chi connectivity index (χ1n) is 14.4. The van der Waals surface area contributed by atoms with E-state index in [9.17, 15) is 29.7 Å². The number of nitrogens with two attached hydrogens (primary N) is 1. The third-order valence-corrected chi connectivity index (χ3v) is 7.94. The molecule has 7 N–H and O–H groups in total. The van der Waals surface area contributed by atoms with Crippen LogP contribution in [0.1, 0.15) is 50.2 Å². The van der Waals surface area contributed by atoms with Gasteiger partial charge in [0, 0.05) is 17.4 Å². The third kappa shape index (κ3) is 7.50. The zero-order valence-corrected chi connectivity index (χ0v) is 25.4. The number of hydrogen-bond donors (Lipinski definition) is 6. The number of amides is 2. The molecular weight excluding hydrogens is 576 g/mol. The van der Waals surface area contributed by atoms with Crippen molar-refractivity contribution in [2.75, 3.05) is 31.3 Å². The molecular formula is C29H42N6O9. The number of carbonyl (C=O) groups excluding carboxylic acids is 2. The van der Waals surface area contributed by atoms with Crippen molar-refractivity contribution in [3.05, 3.63) is 52.6 Å². The highest BCUT2D eigenvalue weighted by molar-refractivity contribution is 6.04. The van der Waals surface area contributed by atoms with Crippen molar-refractivity contribution < 1.29 is 39.1 Å². The van der Waals surface area contributed by atoms with Gasteiger partial charge in [0.1, 0.15) is 29.8 Å². The minimum absolute atomic E-state index is 0.0488. The number of anilines is 2. The quantitative estimate of drug-likeness (QED) is 0.212. The number of likely N-dealkylation sites (N-methyl/N-ethyl adjacent to an activating group) is 1. The number of carbonyl (C=O) groups is 2. The zero-order chi connectivity index (χ0) is 32.3. The summed E-state index contributed by atoms with van der Waals surface area (Å²) in [6.45, 7) is 4.47. The highest BCUT2D eigenvalue weighted by Crippen LogP contribution is 2.32. The van der Waals surface area contributed by atoms with E-state index in [0.717, 1.165) is 0 Å². The van der Waals surface area contributed by atoms with E-state index in [4.69, 9.17) is 19.9 Å². The molecule has 0 spiro atoms. The van der Waals surface area contributed by atoms with E-state index in [0.29, 0.717) is 18.5 Å². The molecule has 2 aliphatic heterocycles. The van der Waals surface area contributed by atoms with Crippen LogP contribution in [0.3, 0.4) is 0 Å². The largest absolute Gasteiger partial charge is 0.394 e. The number of nitrogens with one attached hydrogen (secondary N) is 2. The van der Waals surface area contributed by atoms with Crippen molar-refractivity contribution in [1.29, 1.82) is 0 Å². The van der Waals surface area contributed by atoms with Crippen LogP contribution in [0.5, 0.6) is 0 Å². The predicted octanol–water partition coefficient (Wildman–Crippen LogP) is -0.377. The van der Waals surface area contributed by atoms with Gasteiger partial charge in [-0.05, 0) is 78.0 Å². The smallest absolute Gasteiger partial charge is 0.351 e. The Hall–Kier alpha value is -3.28. The number of aromatic nitrogens is 2. The maximum absolute atomic E-state index is 12.9. The van der Waals surface area contributed by atoms with Crippen molar-refractivity contribution in [3.63, 3.8) is 0 Å². The van der Waals surface area contributed by atoms with Gasteiger partial charge >= 0.3 is 5.69 Å². The molecule has 1 aromatic carbocycles. The van der Waals surface area contributed by atoms with Gasteiger partial charge in [0.25, 0.3) is 5.91 Å². The summed E-state index contributed by atoms with van der Waals surface area (Å²) in [7, 11) is 3.61. The average Bonchev–Trinajstić information content (AvgIpc) is 2.97. The second-order valence-electron chi connectivity index (χ2n) is 11.8. The predicted molar refractivity (Wildman–Crippen MR) is 159 cm³/mol. The van der Waals surface area contributed by atoms with E-state index >= 15 is 0 Å². The summed E-state index contributed by atoms with van der Waals surface area (Å²) < 4.78 is 19.3. The molecule has 15 nitrogen and oxygen atoms in total. The Morgan fingerprint density at radius 3 is 2.36 bits per heavy atom. The summed E-state index contributed by atoms with van der Waals surface area (Å²) in [6.07, 6.45) is -2.85. The summed E-state index contributed by atoms with van der Waals surface area (Å²) in [6, 6.07) is 7.07. The molecule has 0 unspecified atom stereocenters. The summed E-state index contributed by atoms with van der Waals surface area (Å²) in [5.41, 5.74) is 4.29. The average molecular weight is 619 g/mol. The van der Waals surface area contributed by atoms with Gasteiger partial charge in [-0.1, -0.05) is 0 Å². The second kappa shape index (κ2) is 13.8. The molecule has 44 heavy (non-hydrogen) atoms. The summed E-state index contributed by atoms with van der Waals surface area (Å²) in [5.74, 6) is -1.05. The van der Waals surface area contributed by atoms with Crippen LogP contribution in [-0.2, 0) is 19.0 Å². The van der Waals surface area contributed by atoms with Crippen LogP contribution in [-0.4, -0.2) is 111 Å². The molecule has 0 aliphatic carbocycles. The number of nitrogens with zero attached hydrogens (tertiary/aromatic N) is 3. The van der Waals surface area contributed by atoms with Crippen molar-refractivity contribution in [2.24, 2.45) is 5.73 Å². The molecule has 4 rings (SSSR count). The first-order valence-corrected chi connectivity index (χ1v) is 14.4. The van der Waals surface area contributed by atoms with E-state index in [-0.39, 0.29) is 23.5 Å². The molecule has 1 aromatic heterocycles. The molecule has 0 saturated carbocycles. The lowest BCUT2D eigenvalue weighted by Crippen LogP contribution is -2.62. The normalized spacial score (nSPS) is 30.4. The Balaban J connectivity index is 1.32. The fraction of sp³-hybridized carbons (Fsp3) is 0.586. The van der Waals surface area contributed by atoms with Gasteiger partial charge < -0.3 is 50.8 Å². The van der Waals surface area contributed by atoms with Gasteiger partial charge in [0.15, 0.2) is 6.29 Å². The van der Waals surface area contributed by atoms with E-state index in [1.807, 2.05) is 6.92 Å². The Kier molecular flexibility index (Phi) is 10.5. The Labute approximate surface area is 254 Å². The lowest BCUT2D eigenvalue weighted by Gasteiger charge is -2.46. The van der Waals surface area contributed by atoms with Crippen molar-refractivity contribution >= 4 is 23.3 Å². The van der Waals surface area contributed by atoms with Gasteiger partial charge in [0.05, 0.1) is 31.0 Å². The molecule has 2 aromatic rings. The van der Waals surface area contributed by atoms with Crippen molar-refractivity contribution in [2.45, 2.75) is 88.2 Å². The molecule has 0 radical (unpaired) electrons. The summed E-state index contributed by atoms with van der Waals surface area (Å²) in [4.78, 5) is 43.5. The highest BCUT2D eigenvalue weighted by atomic mass is 16.7. The molecule has 242 valence electrons. The van der Waals surface area contributed by atoms with Crippen molar-refractivity contribution in [1.82, 2.24) is 14.5 Å². The van der Waals surface area contributed by atoms with Gasteiger partial charge in [-0.3, -0.25) is 14.2 Å². The maximum atomic E-state index is 12.9. The van der Waals surface area contributed by atoms with E-state index in [1.54, 1.807) is 25.9 Å². The van der Waals surface area contributed by atoms with E-state index in [1.165, 1.54) is 48.0 Å². The number of aliphatic hydroxyl groups excluding tert-OH is 3.